The third kappa shape index (κ3) is 3.43. The van der Waals surface area contributed by atoms with E-state index in [-0.39, 0.29) is 16.7 Å². The van der Waals surface area contributed by atoms with Crippen LogP contribution in [-0.4, -0.2) is 24.7 Å². The summed E-state index contributed by atoms with van der Waals surface area (Å²) in [4.78, 5) is 10.8. The van der Waals surface area contributed by atoms with E-state index in [4.69, 9.17) is 4.74 Å². The topological polar surface area (TPSA) is 86.5 Å². The van der Waals surface area contributed by atoms with Gasteiger partial charge in [-0.25, -0.2) is 8.42 Å². The number of ether oxygens (including phenoxy) is 1. The number of nitro benzene ring substituents is 1. The van der Waals surface area contributed by atoms with Crippen LogP contribution < -0.4 is 0 Å². The first kappa shape index (κ1) is 17.6. The summed E-state index contributed by atoms with van der Waals surface area (Å²) in [6.45, 7) is 3.71. The molecule has 3 rings (SSSR count). The summed E-state index contributed by atoms with van der Waals surface area (Å²) in [5, 5.41) is 10.2. The molecule has 1 saturated heterocycles. The molecule has 1 heterocycles. The lowest BCUT2D eigenvalue weighted by Crippen LogP contribution is -2.25. The van der Waals surface area contributed by atoms with Gasteiger partial charge in [0.05, 0.1) is 21.2 Å². The molecule has 2 aromatic rings. The fourth-order valence-electron chi connectivity index (χ4n) is 3.14. The van der Waals surface area contributed by atoms with Gasteiger partial charge < -0.3 is 4.74 Å². The molecule has 0 spiro atoms. The van der Waals surface area contributed by atoms with Gasteiger partial charge in [-0.3, -0.25) is 10.1 Å². The maximum atomic E-state index is 13.1. The van der Waals surface area contributed by atoms with E-state index in [2.05, 4.69) is 0 Å². The fraction of sp³-hybridized carbons (Fsp3) is 0.333. The highest BCUT2D eigenvalue weighted by Gasteiger charge is 2.43. The molecule has 0 saturated carbocycles. The Kier molecular flexibility index (Phi) is 4.62. The standard InChI is InChI=1S/C18H19NO5S/c1-12-6-8-16(9-7-12)25(22,23)17-10-13(2)24-18(17)14-4-3-5-15(11-14)19(20)21/h3-9,11,13,17-18H,10H2,1-2H3/t13-,17-,18-/m0/s1. The van der Waals surface area contributed by atoms with Crippen LogP contribution in [0.4, 0.5) is 5.69 Å². The molecule has 0 aromatic heterocycles. The van der Waals surface area contributed by atoms with Crippen molar-refractivity contribution in [2.24, 2.45) is 0 Å². The van der Waals surface area contributed by atoms with Crippen molar-refractivity contribution < 1.29 is 18.1 Å². The summed E-state index contributed by atoms with van der Waals surface area (Å²) in [5.74, 6) is 0. The molecule has 0 aliphatic carbocycles. The number of aryl methyl sites for hydroxylation is 1. The van der Waals surface area contributed by atoms with Crippen molar-refractivity contribution in [3.05, 3.63) is 69.8 Å². The zero-order valence-electron chi connectivity index (χ0n) is 14.0. The molecular formula is C18H19NO5S. The molecule has 2 aromatic carbocycles. The first-order chi connectivity index (χ1) is 11.8. The Morgan fingerprint density at radius 3 is 2.48 bits per heavy atom. The molecule has 132 valence electrons. The Hall–Kier alpha value is -2.25. The van der Waals surface area contributed by atoms with Gasteiger partial charge in [-0.05, 0) is 38.0 Å². The van der Waals surface area contributed by atoms with Crippen molar-refractivity contribution >= 4 is 15.5 Å². The van der Waals surface area contributed by atoms with Crippen LogP contribution in [0.1, 0.15) is 30.6 Å². The van der Waals surface area contributed by atoms with Crippen molar-refractivity contribution in [2.75, 3.05) is 0 Å². The predicted octanol–water partition coefficient (Wildman–Crippen LogP) is 3.60. The Labute approximate surface area is 146 Å². The second-order valence-electron chi connectivity index (χ2n) is 6.35. The van der Waals surface area contributed by atoms with Crippen LogP contribution in [0.5, 0.6) is 0 Å². The minimum absolute atomic E-state index is 0.0767. The molecule has 1 aliphatic heterocycles. The van der Waals surface area contributed by atoms with Crippen molar-refractivity contribution in [2.45, 2.75) is 42.6 Å². The van der Waals surface area contributed by atoms with Gasteiger partial charge in [0.2, 0.25) is 0 Å². The SMILES string of the molecule is Cc1ccc(S(=O)(=O)[C@H]2C[C@H](C)O[C@H]2c2cccc([N+](=O)[O-])c2)cc1. The van der Waals surface area contributed by atoms with E-state index >= 15 is 0 Å². The van der Waals surface area contributed by atoms with Gasteiger partial charge in [-0.2, -0.15) is 0 Å². The van der Waals surface area contributed by atoms with E-state index in [1.165, 1.54) is 12.1 Å². The highest BCUT2D eigenvalue weighted by atomic mass is 32.2. The van der Waals surface area contributed by atoms with Gasteiger partial charge in [-0.1, -0.05) is 29.8 Å². The van der Waals surface area contributed by atoms with Gasteiger partial charge in [-0.15, -0.1) is 0 Å². The van der Waals surface area contributed by atoms with Crippen molar-refractivity contribution in [3.63, 3.8) is 0 Å². The number of non-ortho nitro benzene ring substituents is 1. The minimum Gasteiger partial charge on any atom is -0.369 e. The number of sulfone groups is 1. The van der Waals surface area contributed by atoms with Crippen molar-refractivity contribution in [1.29, 1.82) is 0 Å². The molecule has 1 fully saturated rings. The molecule has 1 aliphatic rings. The summed E-state index contributed by atoms with van der Waals surface area (Å²) < 4.78 is 32.0. The molecule has 0 radical (unpaired) electrons. The summed E-state index contributed by atoms with van der Waals surface area (Å²) >= 11 is 0. The molecule has 0 N–H and O–H groups in total. The normalized spacial score (nSPS) is 23.5. The molecule has 0 unspecified atom stereocenters. The molecule has 3 atom stereocenters. The zero-order chi connectivity index (χ0) is 18.2. The van der Waals surface area contributed by atoms with Gasteiger partial charge >= 0.3 is 0 Å². The lowest BCUT2D eigenvalue weighted by molar-refractivity contribution is -0.385. The summed E-state index contributed by atoms with van der Waals surface area (Å²) in [5.41, 5.74) is 1.41. The molecular weight excluding hydrogens is 342 g/mol. The molecule has 7 heteroatoms. The molecule has 0 bridgehead atoms. The maximum Gasteiger partial charge on any atom is 0.269 e. The van der Waals surface area contributed by atoms with Crippen LogP contribution in [0.3, 0.4) is 0 Å². The zero-order valence-corrected chi connectivity index (χ0v) is 14.8. The van der Waals surface area contributed by atoms with E-state index in [1.807, 2.05) is 13.8 Å². The van der Waals surface area contributed by atoms with Gasteiger partial charge in [0, 0.05) is 12.1 Å². The van der Waals surface area contributed by atoms with Gasteiger partial charge in [0.15, 0.2) is 9.84 Å². The highest BCUT2D eigenvalue weighted by Crippen LogP contribution is 2.40. The second-order valence-corrected chi connectivity index (χ2v) is 8.52. The van der Waals surface area contributed by atoms with Crippen molar-refractivity contribution in [3.8, 4) is 0 Å². The van der Waals surface area contributed by atoms with Crippen LogP contribution in [0.2, 0.25) is 0 Å². The number of nitro groups is 1. The van der Waals surface area contributed by atoms with Crippen LogP contribution >= 0.6 is 0 Å². The highest BCUT2D eigenvalue weighted by molar-refractivity contribution is 7.92. The van der Waals surface area contributed by atoms with Gasteiger partial charge in [0.25, 0.3) is 5.69 Å². The Morgan fingerprint density at radius 2 is 1.84 bits per heavy atom. The quantitative estimate of drug-likeness (QED) is 0.613. The largest absolute Gasteiger partial charge is 0.369 e. The van der Waals surface area contributed by atoms with E-state index in [0.717, 1.165) is 5.56 Å². The van der Waals surface area contributed by atoms with Crippen LogP contribution in [0.25, 0.3) is 0 Å². The second kappa shape index (κ2) is 6.57. The third-order valence-corrected chi connectivity index (χ3v) is 6.60. The fourth-order valence-corrected chi connectivity index (χ4v) is 5.08. The smallest absolute Gasteiger partial charge is 0.269 e. The number of benzene rings is 2. The molecule has 0 amide bonds. The van der Waals surface area contributed by atoms with E-state index in [0.29, 0.717) is 12.0 Å². The van der Waals surface area contributed by atoms with Gasteiger partial charge in [0.1, 0.15) is 6.10 Å². The van der Waals surface area contributed by atoms with E-state index in [9.17, 15) is 18.5 Å². The predicted molar refractivity (Wildman–Crippen MR) is 93.2 cm³/mol. The summed E-state index contributed by atoms with van der Waals surface area (Å²) in [6.07, 6.45) is -0.612. The average molecular weight is 361 g/mol. The van der Waals surface area contributed by atoms with Crippen LogP contribution in [-0.2, 0) is 14.6 Å². The number of hydrogen-bond donors (Lipinski definition) is 0. The van der Waals surface area contributed by atoms with Crippen molar-refractivity contribution in [1.82, 2.24) is 0 Å². The maximum absolute atomic E-state index is 13.1. The first-order valence-electron chi connectivity index (χ1n) is 7.99. The lowest BCUT2D eigenvalue weighted by atomic mass is 10.1. The summed E-state index contributed by atoms with van der Waals surface area (Å²) in [7, 11) is -3.61. The third-order valence-electron chi connectivity index (χ3n) is 4.44. The summed E-state index contributed by atoms with van der Waals surface area (Å²) in [6, 6.07) is 12.7. The Morgan fingerprint density at radius 1 is 1.16 bits per heavy atom. The Bertz CT molecular complexity index is 892. The van der Waals surface area contributed by atoms with Crippen LogP contribution in [0, 0.1) is 17.0 Å². The first-order valence-corrected chi connectivity index (χ1v) is 9.54. The Balaban J connectivity index is 2.01. The van der Waals surface area contributed by atoms with E-state index < -0.39 is 26.1 Å². The minimum atomic E-state index is -3.61. The van der Waals surface area contributed by atoms with Crippen LogP contribution in [0.15, 0.2) is 53.4 Å². The molecule has 6 nitrogen and oxygen atoms in total. The number of hydrogen-bond acceptors (Lipinski definition) is 5. The molecule has 25 heavy (non-hydrogen) atoms. The number of nitrogens with zero attached hydrogens (tertiary/aromatic N) is 1. The number of rotatable bonds is 4. The average Bonchev–Trinajstić information content (AvgIpc) is 2.98. The monoisotopic (exact) mass is 361 g/mol. The van der Waals surface area contributed by atoms with E-state index in [1.54, 1.807) is 36.4 Å². The lowest BCUT2D eigenvalue weighted by Gasteiger charge is -2.19.